The van der Waals surface area contributed by atoms with Gasteiger partial charge in [-0.1, -0.05) is 0 Å². The van der Waals surface area contributed by atoms with Gasteiger partial charge < -0.3 is 10.2 Å². The van der Waals surface area contributed by atoms with Gasteiger partial charge in [0.05, 0.1) is 12.0 Å². The highest BCUT2D eigenvalue weighted by molar-refractivity contribution is 5.76. The maximum absolute atomic E-state index is 11.7. The molecule has 0 aliphatic carbocycles. The Hall–Kier alpha value is -1.08. The summed E-state index contributed by atoms with van der Waals surface area (Å²) in [5.41, 5.74) is 0. The third-order valence-electron chi connectivity index (χ3n) is 2.27. The van der Waals surface area contributed by atoms with E-state index in [4.69, 9.17) is 5.26 Å². The van der Waals surface area contributed by atoms with Gasteiger partial charge in [0.2, 0.25) is 5.91 Å². The fourth-order valence-electron chi connectivity index (χ4n) is 1.35. The Bertz CT molecular complexity index is 222. The largest absolute Gasteiger partial charge is 0.342 e. The standard InChI is InChI=1S/C11H21N3O/c1-4-14(9-10(2)8-12)11(15)6-5-7-13-3/h10,13H,4-7,9H2,1-3H3. The summed E-state index contributed by atoms with van der Waals surface area (Å²) in [6, 6.07) is 2.15. The van der Waals surface area contributed by atoms with Gasteiger partial charge in [-0.05, 0) is 33.9 Å². The maximum atomic E-state index is 11.7. The predicted molar refractivity (Wildman–Crippen MR) is 60.2 cm³/mol. The lowest BCUT2D eigenvalue weighted by atomic mass is 10.2. The quantitative estimate of drug-likeness (QED) is 0.639. The Morgan fingerprint density at radius 1 is 1.60 bits per heavy atom. The molecular formula is C11H21N3O. The zero-order valence-electron chi connectivity index (χ0n) is 9.92. The second kappa shape index (κ2) is 8.25. The molecule has 0 aliphatic heterocycles. The van der Waals surface area contributed by atoms with Gasteiger partial charge in [-0.2, -0.15) is 5.26 Å². The minimum atomic E-state index is -0.0850. The Balaban J connectivity index is 3.94. The van der Waals surface area contributed by atoms with E-state index in [1.807, 2.05) is 20.9 Å². The number of carbonyl (C=O) groups excluding carboxylic acids is 1. The zero-order valence-corrected chi connectivity index (χ0v) is 9.92. The second-order valence-corrected chi connectivity index (χ2v) is 3.67. The molecule has 0 radical (unpaired) electrons. The highest BCUT2D eigenvalue weighted by Gasteiger charge is 2.13. The third-order valence-corrected chi connectivity index (χ3v) is 2.27. The van der Waals surface area contributed by atoms with Gasteiger partial charge in [0.25, 0.3) is 0 Å². The van der Waals surface area contributed by atoms with Crippen LogP contribution in [0.2, 0.25) is 0 Å². The van der Waals surface area contributed by atoms with E-state index in [0.29, 0.717) is 19.5 Å². The van der Waals surface area contributed by atoms with E-state index >= 15 is 0 Å². The van der Waals surface area contributed by atoms with Crippen LogP contribution in [0.3, 0.4) is 0 Å². The van der Waals surface area contributed by atoms with Crippen molar-refractivity contribution >= 4 is 5.91 Å². The summed E-state index contributed by atoms with van der Waals surface area (Å²) in [4.78, 5) is 13.4. The van der Waals surface area contributed by atoms with Crippen LogP contribution in [0.25, 0.3) is 0 Å². The molecule has 0 aromatic rings. The molecule has 0 aliphatic rings. The Morgan fingerprint density at radius 3 is 2.73 bits per heavy atom. The van der Waals surface area contributed by atoms with Gasteiger partial charge >= 0.3 is 0 Å². The van der Waals surface area contributed by atoms with Crippen molar-refractivity contribution in [3.8, 4) is 6.07 Å². The smallest absolute Gasteiger partial charge is 0.222 e. The summed E-state index contributed by atoms with van der Waals surface area (Å²) in [5.74, 6) is 0.0630. The lowest BCUT2D eigenvalue weighted by Gasteiger charge is -2.21. The van der Waals surface area contributed by atoms with Gasteiger partial charge in [-0.25, -0.2) is 0 Å². The van der Waals surface area contributed by atoms with Crippen molar-refractivity contribution in [2.45, 2.75) is 26.7 Å². The highest BCUT2D eigenvalue weighted by atomic mass is 16.2. The van der Waals surface area contributed by atoms with Gasteiger partial charge in [0.1, 0.15) is 0 Å². The summed E-state index contributed by atoms with van der Waals surface area (Å²) >= 11 is 0. The number of nitrogens with one attached hydrogen (secondary N) is 1. The van der Waals surface area contributed by atoms with Crippen LogP contribution in [0, 0.1) is 17.2 Å². The monoisotopic (exact) mass is 211 g/mol. The third kappa shape index (κ3) is 6.08. The fraction of sp³-hybridized carbons (Fsp3) is 0.818. The number of hydrogen-bond donors (Lipinski definition) is 1. The fourth-order valence-corrected chi connectivity index (χ4v) is 1.35. The number of rotatable bonds is 7. The Morgan fingerprint density at radius 2 is 2.27 bits per heavy atom. The molecule has 0 aromatic heterocycles. The molecule has 4 heteroatoms. The predicted octanol–water partition coefficient (Wildman–Crippen LogP) is 0.994. The molecule has 0 saturated heterocycles. The number of carbonyl (C=O) groups is 1. The van der Waals surface area contributed by atoms with E-state index in [9.17, 15) is 4.79 Å². The molecule has 0 heterocycles. The van der Waals surface area contributed by atoms with E-state index in [1.165, 1.54) is 0 Å². The van der Waals surface area contributed by atoms with Gasteiger partial charge in [0, 0.05) is 19.5 Å². The summed E-state index contributed by atoms with van der Waals surface area (Å²) in [6.45, 7) is 5.87. The topological polar surface area (TPSA) is 56.1 Å². The van der Waals surface area contributed by atoms with Crippen LogP contribution in [0.5, 0.6) is 0 Å². The highest BCUT2D eigenvalue weighted by Crippen LogP contribution is 2.02. The molecule has 1 unspecified atom stereocenters. The van der Waals surface area contributed by atoms with Crippen molar-refractivity contribution in [2.75, 3.05) is 26.7 Å². The van der Waals surface area contributed by atoms with E-state index in [-0.39, 0.29) is 11.8 Å². The Kier molecular flexibility index (Phi) is 7.65. The van der Waals surface area contributed by atoms with Crippen LogP contribution >= 0.6 is 0 Å². The van der Waals surface area contributed by atoms with Gasteiger partial charge in [0.15, 0.2) is 0 Å². The van der Waals surface area contributed by atoms with Crippen molar-refractivity contribution in [2.24, 2.45) is 5.92 Å². The SMILES string of the molecule is CCN(CC(C)C#N)C(=O)CCCNC. The van der Waals surface area contributed by atoms with Crippen molar-refractivity contribution in [1.29, 1.82) is 5.26 Å². The molecule has 1 atom stereocenters. The zero-order chi connectivity index (χ0) is 11.7. The average Bonchev–Trinajstić information content (AvgIpc) is 2.25. The molecule has 0 bridgehead atoms. The number of hydrogen-bond acceptors (Lipinski definition) is 3. The van der Waals surface area contributed by atoms with Crippen LogP contribution in [0.1, 0.15) is 26.7 Å². The molecule has 0 aromatic carbocycles. The number of nitrogens with zero attached hydrogens (tertiary/aromatic N) is 2. The van der Waals surface area contributed by atoms with Crippen molar-refractivity contribution in [1.82, 2.24) is 10.2 Å². The van der Waals surface area contributed by atoms with Crippen LogP contribution in [0.15, 0.2) is 0 Å². The van der Waals surface area contributed by atoms with E-state index in [0.717, 1.165) is 13.0 Å². The average molecular weight is 211 g/mol. The van der Waals surface area contributed by atoms with E-state index < -0.39 is 0 Å². The van der Waals surface area contributed by atoms with Crippen molar-refractivity contribution in [3.63, 3.8) is 0 Å². The first kappa shape index (κ1) is 13.9. The molecule has 4 nitrogen and oxygen atoms in total. The molecule has 0 saturated carbocycles. The molecule has 1 N–H and O–H groups in total. The normalized spacial score (nSPS) is 11.9. The van der Waals surface area contributed by atoms with Gasteiger partial charge in [-0.15, -0.1) is 0 Å². The molecule has 1 amide bonds. The summed E-state index contributed by atoms with van der Waals surface area (Å²) in [6.07, 6.45) is 1.42. The maximum Gasteiger partial charge on any atom is 0.222 e. The first-order valence-electron chi connectivity index (χ1n) is 5.47. The van der Waals surface area contributed by atoms with Crippen LogP contribution in [0.4, 0.5) is 0 Å². The lowest BCUT2D eigenvalue weighted by molar-refractivity contribution is -0.131. The van der Waals surface area contributed by atoms with Crippen LogP contribution in [-0.4, -0.2) is 37.5 Å². The van der Waals surface area contributed by atoms with Crippen LogP contribution < -0.4 is 5.32 Å². The van der Waals surface area contributed by atoms with Crippen molar-refractivity contribution in [3.05, 3.63) is 0 Å². The molecule has 86 valence electrons. The van der Waals surface area contributed by atoms with E-state index in [1.54, 1.807) is 4.90 Å². The summed E-state index contributed by atoms with van der Waals surface area (Å²) in [7, 11) is 1.87. The lowest BCUT2D eigenvalue weighted by Crippen LogP contribution is -2.34. The first-order valence-corrected chi connectivity index (χ1v) is 5.47. The minimum Gasteiger partial charge on any atom is -0.342 e. The molecule has 15 heavy (non-hydrogen) atoms. The molecule has 0 fully saturated rings. The second-order valence-electron chi connectivity index (χ2n) is 3.67. The minimum absolute atomic E-state index is 0.0850. The summed E-state index contributed by atoms with van der Waals surface area (Å²) in [5, 5.41) is 11.7. The molecular weight excluding hydrogens is 190 g/mol. The molecule has 0 rings (SSSR count). The first-order chi connectivity index (χ1) is 7.15. The Labute approximate surface area is 92.3 Å². The molecule has 0 spiro atoms. The summed E-state index contributed by atoms with van der Waals surface area (Å²) < 4.78 is 0. The van der Waals surface area contributed by atoms with Crippen LogP contribution in [-0.2, 0) is 4.79 Å². The van der Waals surface area contributed by atoms with Crippen molar-refractivity contribution < 1.29 is 4.79 Å². The van der Waals surface area contributed by atoms with E-state index in [2.05, 4.69) is 11.4 Å². The number of amides is 1. The number of nitriles is 1. The van der Waals surface area contributed by atoms with Gasteiger partial charge in [-0.3, -0.25) is 4.79 Å².